The fraction of sp³-hybridized carbons (Fsp3) is 0.111. The van der Waals surface area contributed by atoms with Crippen molar-refractivity contribution in [2.24, 2.45) is 0 Å². The Hall–Kier alpha value is -2.59. The maximum absolute atomic E-state index is 5.87. The molecule has 0 bridgehead atoms. The molecule has 3 aromatic rings. The van der Waals surface area contributed by atoms with Gasteiger partial charge in [-0.15, -0.1) is 0 Å². The molecule has 5 heteroatoms. The van der Waals surface area contributed by atoms with Crippen LogP contribution in [-0.4, -0.2) is 17.0 Å². The molecule has 0 fully saturated rings. The van der Waals surface area contributed by atoms with Crippen molar-refractivity contribution in [1.82, 2.24) is 9.97 Å². The summed E-state index contributed by atoms with van der Waals surface area (Å²) in [5, 5.41) is 0.670. The summed E-state index contributed by atoms with van der Waals surface area (Å²) in [5.41, 5.74) is 1.22. The third-order valence-electron chi connectivity index (χ3n) is 3.32. The number of rotatable bonds is 5. The molecule has 2 aromatic carbocycles. The van der Waals surface area contributed by atoms with E-state index in [1.807, 2.05) is 36.2 Å². The third-order valence-corrected chi connectivity index (χ3v) is 3.57. The van der Waals surface area contributed by atoms with Gasteiger partial charge < -0.3 is 9.64 Å². The van der Waals surface area contributed by atoms with Gasteiger partial charge in [-0.2, -0.15) is 0 Å². The number of anilines is 1. The first kappa shape index (κ1) is 15.3. The molecule has 0 aliphatic carbocycles. The molecule has 0 amide bonds. The van der Waals surface area contributed by atoms with Crippen molar-refractivity contribution in [1.29, 1.82) is 0 Å². The number of hydrogen-bond acceptors (Lipinski definition) is 4. The van der Waals surface area contributed by atoms with Gasteiger partial charge in [0.2, 0.25) is 5.88 Å². The van der Waals surface area contributed by atoms with Gasteiger partial charge in [0.05, 0.1) is 0 Å². The molecular formula is C18H16ClN3O. The third kappa shape index (κ3) is 4.20. The fourth-order valence-electron chi connectivity index (χ4n) is 2.16. The van der Waals surface area contributed by atoms with E-state index in [4.69, 9.17) is 16.3 Å². The van der Waals surface area contributed by atoms with Crippen molar-refractivity contribution in [3.63, 3.8) is 0 Å². The molecule has 1 aromatic heterocycles. The number of nitrogens with zero attached hydrogens (tertiary/aromatic N) is 3. The van der Waals surface area contributed by atoms with Gasteiger partial charge in [0.1, 0.15) is 17.9 Å². The van der Waals surface area contributed by atoms with Crippen molar-refractivity contribution in [3.05, 3.63) is 77.6 Å². The van der Waals surface area contributed by atoms with Gasteiger partial charge in [0, 0.05) is 24.7 Å². The monoisotopic (exact) mass is 325 g/mol. The smallest absolute Gasteiger partial charge is 0.224 e. The topological polar surface area (TPSA) is 38.2 Å². The highest BCUT2D eigenvalue weighted by Gasteiger charge is 2.07. The Morgan fingerprint density at radius 1 is 1.00 bits per heavy atom. The average Bonchev–Trinajstić information content (AvgIpc) is 2.58. The van der Waals surface area contributed by atoms with E-state index in [-0.39, 0.29) is 0 Å². The summed E-state index contributed by atoms with van der Waals surface area (Å²) < 4.78 is 5.74. The molecule has 23 heavy (non-hydrogen) atoms. The van der Waals surface area contributed by atoms with Gasteiger partial charge in [0.25, 0.3) is 0 Å². The first-order valence-corrected chi connectivity index (χ1v) is 7.59. The summed E-state index contributed by atoms with van der Waals surface area (Å²) in [6.07, 6.45) is 1.50. The van der Waals surface area contributed by atoms with Crippen LogP contribution in [0.1, 0.15) is 5.56 Å². The van der Waals surface area contributed by atoms with E-state index in [0.29, 0.717) is 16.7 Å². The molecule has 3 rings (SSSR count). The van der Waals surface area contributed by atoms with E-state index in [1.54, 1.807) is 24.3 Å². The van der Waals surface area contributed by atoms with Crippen LogP contribution in [0, 0.1) is 0 Å². The van der Waals surface area contributed by atoms with E-state index < -0.39 is 0 Å². The lowest BCUT2D eigenvalue weighted by molar-refractivity contribution is 0.461. The summed E-state index contributed by atoms with van der Waals surface area (Å²) in [7, 11) is 1.99. The molecule has 0 N–H and O–H groups in total. The minimum atomic E-state index is 0.497. The lowest BCUT2D eigenvalue weighted by Gasteiger charge is -2.18. The Kier molecular flexibility index (Phi) is 4.74. The maximum Gasteiger partial charge on any atom is 0.224 e. The molecule has 0 radical (unpaired) electrons. The summed E-state index contributed by atoms with van der Waals surface area (Å²) in [5.74, 6) is 1.98. The lowest BCUT2D eigenvalue weighted by Crippen LogP contribution is -2.17. The van der Waals surface area contributed by atoms with Gasteiger partial charge in [-0.1, -0.05) is 41.9 Å². The van der Waals surface area contributed by atoms with Gasteiger partial charge >= 0.3 is 0 Å². The highest BCUT2D eigenvalue weighted by Crippen LogP contribution is 2.23. The van der Waals surface area contributed by atoms with Gasteiger partial charge in [0.15, 0.2) is 0 Å². The van der Waals surface area contributed by atoms with E-state index in [9.17, 15) is 0 Å². The Morgan fingerprint density at radius 2 is 1.74 bits per heavy atom. The molecule has 0 saturated heterocycles. The number of hydrogen-bond donors (Lipinski definition) is 0. The standard InChI is InChI=1S/C18H16ClN3O/c1-22(12-14-5-3-2-4-6-14)17-11-18(21-13-20-17)23-16-9-7-15(19)8-10-16/h2-11,13H,12H2,1H3. The van der Waals surface area contributed by atoms with Crippen LogP contribution in [0.4, 0.5) is 5.82 Å². The zero-order valence-electron chi connectivity index (χ0n) is 12.7. The number of benzene rings is 2. The highest BCUT2D eigenvalue weighted by molar-refractivity contribution is 6.30. The predicted octanol–water partition coefficient (Wildman–Crippen LogP) is 4.56. The molecule has 0 spiro atoms. The quantitative estimate of drug-likeness (QED) is 0.689. The first-order chi connectivity index (χ1) is 11.2. The Morgan fingerprint density at radius 3 is 2.48 bits per heavy atom. The summed E-state index contributed by atoms with van der Waals surface area (Å²) in [4.78, 5) is 10.5. The van der Waals surface area contributed by atoms with E-state index in [1.165, 1.54) is 11.9 Å². The second-order valence-corrected chi connectivity index (χ2v) is 5.55. The van der Waals surface area contributed by atoms with E-state index in [2.05, 4.69) is 22.1 Å². The van der Waals surface area contributed by atoms with Crippen LogP contribution in [0.25, 0.3) is 0 Å². The lowest BCUT2D eigenvalue weighted by atomic mass is 10.2. The van der Waals surface area contributed by atoms with Crippen LogP contribution in [0.5, 0.6) is 11.6 Å². The van der Waals surface area contributed by atoms with E-state index >= 15 is 0 Å². The molecule has 0 saturated carbocycles. The largest absolute Gasteiger partial charge is 0.439 e. The van der Waals surface area contributed by atoms with Gasteiger partial charge in [-0.05, 0) is 29.8 Å². The van der Waals surface area contributed by atoms with Crippen LogP contribution in [-0.2, 0) is 6.54 Å². The van der Waals surface area contributed by atoms with Crippen LogP contribution in [0.2, 0.25) is 5.02 Å². The Labute approximate surface area is 140 Å². The second kappa shape index (κ2) is 7.11. The zero-order chi connectivity index (χ0) is 16.1. The first-order valence-electron chi connectivity index (χ1n) is 7.21. The number of ether oxygens (including phenoxy) is 1. The van der Waals surface area contributed by atoms with Crippen molar-refractivity contribution >= 4 is 17.4 Å². The SMILES string of the molecule is CN(Cc1ccccc1)c1cc(Oc2ccc(Cl)cc2)ncn1. The number of aromatic nitrogens is 2. The molecule has 0 atom stereocenters. The van der Waals surface area contributed by atoms with Crippen molar-refractivity contribution in [3.8, 4) is 11.6 Å². The molecule has 0 unspecified atom stereocenters. The van der Waals surface area contributed by atoms with Crippen molar-refractivity contribution in [2.75, 3.05) is 11.9 Å². The van der Waals surface area contributed by atoms with E-state index in [0.717, 1.165) is 12.4 Å². The molecule has 4 nitrogen and oxygen atoms in total. The molecule has 1 heterocycles. The van der Waals surface area contributed by atoms with Gasteiger partial charge in [-0.3, -0.25) is 0 Å². The maximum atomic E-state index is 5.87. The highest BCUT2D eigenvalue weighted by atomic mass is 35.5. The molecule has 116 valence electrons. The predicted molar refractivity (Wildman–Crippen MR) is 92.1 cm³/mol. The van der Waals surface area contributed by atoms with Crippen LogP contribution in [0.15, 0.2) is 67.0 Å². The Bertz CT molecular complexity index is 763. The minimum absolute atomic E-state index is 0.497. The molecular weight excluding hydrogens is 310 g/mol. The summed E-state index contributed by atoms with van der Waals surface area (Å²) >= 11 is 5.87. The van der Waals surface area contributed by atoms with Gasteiger partial charge in [-0.25, -0.2) is 9.97 Å². The molecule has 0 aliphatic heterocycles. The van der Waals surface area contributed by atoms with Crippen molar-refractivity contribution < 1.29 is 4.74 Å². The summed E-state index contributed by atoms with van der Waals surface area (Å²) in [6.45, 7) is 0.762. The average molecular weight is 326 g/mol. The summed E-state index contributed by atoms with van der Waals surface area (Å²) in [6, 6.07) is 19.2. The molecule has 0 aliphatic rings. The number of halogens is 1. The minimum Gasteiger partial charge on any atom is -0.439 e. The zero-order valence-corrected chi connectivity index (χ0v) is 13.4. The van der Waals surface area contributed by atoms with Crippen LogP contribution < -0.4 is 9.64 Å². The van der Waals surface area contributed by atoms with Crippen molar-refractivity contribution in [2.45, 2.75) is 6.54 Å². The van der Waals surface area contributed by atoms with Crippen LogP contribution in [0.3, 0.4) is 0 Å². The van der Waals surface area contributed by atoms with Crippen LogP contribution >= 0.6 is 11.6 Å². The Balaban J connectivity index is 1.72. The second-order valence-electron chi connectivity index (χ2n) is 5.11. The normalized spacial score (nSPS) is 10.3. The fourth-order valence-corrected chi connectivity index (χ4v) is 2.28.